The molecule has 1 saturated heterocycles. The maximum Gasteiger partial charge on any atom is 0.324 e. The Morgan fingerprint density at radius 1 is 1.10 bits per heavy atom. The van der Waals surface area contributed by atoms with Crippen LogP contribution in [0.1, 0.15) is 50.1 Å². The van der Waals surface area contributed by atoms with E-state index < -0.39 is 0 Å². The van der Waals surface area contributed by atoms with Gasteiger partial charge in [0.25, 0.3) is 0 Å². The van der Waals surface area contributed by atoms with E-state index in [1.807, 2.05) is 41.9 Å². The van der Waals surface area contributed by atoms with Crippen molar-refractivity contribution in [3.63, 3.8) is 0 Å². The number of amides is 3. The number of nitrogens with one attached hydrogen (secondary N) is 2. The number of urea groups is 1. The summed E-state index contributed by atoms with van der Waals surface area (Å²) in [6, 6.07) is 9.42. The molecular weight excluding hydrogens is 378 g/mol. The minimum absolute atomic E-state index is 0.190. The third kappa shape index (κ3) is 3.46. The summed E-state index contributed by atoms with van der Waals surface area (Å²) in [7, 11) is 0. The number of para-hydroxylation sites is 1. The predicted octanol–water partition coefficient (Wildman–Crippen LogP) is 4.19. The molecule has 3 fully saturated rings. The molecular formula is C23H29N5O2. The molecule has 5 rings (SSSR count). The maximum absolute atomic E-state index is 12.8. The van der Waals surface area contributed by atoms with Crippen LogP contribution in [0, 0.1) is 18.3 Å². The van der Waals surface area contributed by atoms with Crippen LogP contribution in [0.15, 0.2) is 36.5 Å². The zero-order valence-electron chi connectivity index (χ0n) is 17.4. The van der Waals surface area contributed by atoms with Gasteiger partial charge in [-0.2, -0.15) is 5.10 Å². The van der Waals surface area contributed by atoms with Crippen molar-refractivity contribution < 1.29 is 9.59 Å². The Balaban J connectivity index is 1.17. The second-order valence-electron chi connectivity index (χ2n) is 9.08. The van der Waals surface area contributed by atoms with Gasteiger partial charge in [0.05, 0.1) is 12.2 Å². The number of piperidine rings is 1. The van der Waals surface area contributed by atoms with Crippen LogP contribution >= 0.6 is 0 Å². The molecule has 158 valence electrons. The Morgan fingerprint density at radius 3 is 2.53 bits per heavy atom. The second-order valence-corrected chi connectivity index (χ2v) is 9.08. The molecule has 1 atom stereocenters. The normalized spacial score (nSPS) is 22.4. The minimum atomic E-state index is -0.279. The number of aromatic nitrogens is 2. The van der Waals surface area contributed by atoms with Gasteiger partial charge in [-0.1, -0.05) is 24.6 Å². The maximum atomic E-state index is 12.8. The van der Waals surface area contributed by atoms with Crippen LogP contribution in [0.4, 0.5) is 16.3 Å². The average molecular weight is 408 g/mol. The van der Waals surface area contributed by atoms with Crippen molar-refractivity contribution in [1.82, 2.24) is 14.7 Å². The molecule has 7 nitrogen and oxygen atoms in total. The molecule has 1 aromatic heterocycles. The molecule has 0 radical (unpaired) electrons. The largest absolute Gasteiger partial charge is 0.342 e. The molecule has 2 N–H and O–H groups in total. The first kappa shape index (κ1) is 19.2. The molecule has 2 aromatic rings. The van der Waals surface area contributed by atoms with E-state index in [0.29, 0.717) is 17.1 Å². The molecule has 1 spiro atoms. The average Bonchev–Trinajstić information content (AvgIpc) is 3.35. The number of carbonyl (C=O) groups excluding carboxylic acids is 2. The zero-order chi connectivity index (χ0) is 20.7. The Kier molecular flexibility index (Phi) is 4.76. The van der Waals surface area contributed by atoms with Gasteiger partial charge >= 0.3 is 6.03 Å². The summed E-state index contributed by atoms with van der Waals surface area (Å²) in [5.41, 5.74) is 2.19. The first-order valence-electron chi connectivity index (χ1n) is 11.0. The Hall–Kier alpha value is -2.83. The van der Waals surface area contributed by atoms with Gasteiger partial charge in [0.15, 0.2) is 0 Å². The number of hydrogen-bond donors (Lipinski definition) is 2. The van der Waals surface area contributed by atoms with Gasteiger partial charge in [-0.05, 0) is 56.1 Å². The highest BCUT2D eigenvalue weighted by molar-refractivity contribution is 5.99. The van der Waals surface area contributed by atoms with Gasteiger partial charge in [-0.15, -0.1) is 0 Å². The number of nitrogens with zero attached hydrogens (tertiary/aromatic N) is 3. The summed E-state index contributed by atoms with van der Waals surface area (Å²) in [5.74, 6) is 1.33. The van der Waals surface area contributed by atoms with Crippen LogP contribution in [0.25, 0.3) is 0 Å². The van der Waals surface area contributed by atoms with Crippen molar-refractivity contribution >= 4 is 23.4 Å². The van der Waals surface area contributed by atoms with Crippen LogP contribution in [0.2, 0.25) is 0 Å². The predicted molar refractivity (Wildman–Crippen MR) is 115 cm³/mol. The number of anilines is 2. The summed E-state index contributed by atoms with van der Waals surface area (Å²) < 4.78 is 1.89. The van der Waals surface area contributed by atoms with Crippen LogP contribution in [-0.2, 0) is 4.79 Å². The lowest BCUT2D eigenvalue weighted by molar-refractivity contribution is -0.135. The fourth-order valence-electron chi connectivity index (χ4n) is 5.12. The van der Waals surface area contributed by atoms with Crippen LogP contribution in [0.5, 0.6) is 0 Å². The summed E-state index contributed by atoms with van der Waals surface area (Å²) in [6.45, 7) is 3.50. The molecule has 3 aliphatic rings. The van der Waals surface area contributed by atoms with Gasteiger partial charge in [0.1, 0.15) is 5.82 Å². The number of rotatable bonds is 4. The Morgan fingerprint density at radius 2 is 1.87 bits per heavy atom. The lowest BCUT2D eigenvalue weighted by Crippen LogP contribution is -2.41. The summed E-state index contributed by atoms with van der Waals surface area (Å²) >= 11 is 0. The lowest BCUT2D eigenvalue weighted by Gasteiger charge is -2.34. The third-order valence-corrected chi connectivity index (χ3v) is 7.26. The molecule has 2 heterocycles. The standard InChI is InChI=1S/C23H29N5O2/c1-16-5-2-3-6-19(16)25-22(30)26-20-7-12-24-28(20)17-8-13-27(14-9-17)21(29)18-15-23(18)10-4-11-23/h2-3,5-7,12,17-18H,4,8-11,13-15H2,1H3,(H2,25,26,30). The molecule has 1 aliphatic heterocycles. The second kappa shape index (κ2) is 7.45. The number of aryl methyl sites for hydroxylation is 1. The Labute approximate surface area is 176 Å². The van der Waals surface area contributed by atoms with Crippen molar-refractivity contribution in [3.05, 3.63) is 42.1 Å². The van der Waals surface area contributed by atoms with E-state index in [0.717, 1.165) is 43.6 Å². The first-order valence-corrected chi connectivity index (χ1v) is 11.0. The molecule has 3 amide bonds. The zero-order valence-corrected chi connectivity index (χ0v) is 17.4. The summed E-state index contributed by atoms with van der Waals surface area (Å²) in [4.78, 5) is 27.3. The van der Waals surface area contributed by atoms with Gasteiger partial charge < -0.3 is 10.2 Å². The highest BCUT2D eigenvalue weighted by Crippen LogP contribution is 2.66. The van der Waals surface area contributed by atoms with Crippen molar-refractivity contribution in [1.29, 1.82) is 0 Å². The van der Waals surface area contributed by atoms with Gasteiger partial charge in [0.2, 0.25) is 5.91 Å². The quantitative estimate of drug-likeness (QED) is 0.798. The molecule has 2 saturated carbocycles. The molecule has 2 aliphatic carbocycles. The lowest BCUT2D eigenvalue weighted by atomic mass is 9.79. The minimum Gasteiger partial charge on any atom is -0.342 e. The number of benzene rings is 1. The molecule has 30 heavy (non-hydrogen) atoms. The van der Waals surface area contributed by atoms with E-state index in [-0.39, 0.29) is 18.0 Å². The van der Waals surface area contributed by atoms with Crippen molar-refractivity contribution in [2.45, 2.75) is 51.5 Å². The van der Waals surface area contributed by atoms with E-state index in [9.17, 15) is 9.59 Å². The SMILES string of the molecule is Cc1ccccc1NC(=O)Nc1ccnn1C1CCN(C(=O)C2CC23CCC3)CC1. The number of carbonyl (C=O) groups is 2. The topological polar surface area (TPSA) is 79.3 Å². The van der Waals surface area contributed by atoms with Crippen molar-refractivity contribution in [2.24, 2.45) is 11.3 Å². The number of hydrogen-bond acceptors (Lipinski definition) is 3. The fourth-order valence-corrected chi connectivity index (χ4v) is 5.12. The van der Waals surface area contributed by atoms with E-state index in [1.54, 1.807) is 6.20 Å². The van der Waals surface area contributed by atoms with Gasteiger partial charge in [-0.25, -0.2) is 9.48 Å². The monoisotopic (exact) mass is 407 g/mol. The fraction of sp³-hybridized carbons (Fsp3) is 0.522. The van der Waals surface area contributed by atoms with Crippen LogP contribution in [-0.4, -0.2) is 39.7 Å². The third-order valence-electron chi connectivity index (χ3n) is 7.26. The summed E-state index contributed by atoms with van der Waals surface area (Å²) in [6.07, 6.45) is 8.32. The molecule has 1 unspecified atom stereocenters. The van der Waals surface area contributed by atoms with E-state index >= 15 is 0 Å². The van der Waals surface area contributed by atoms with Crippen LogP contribution < -0.4 is 10.6 Å². The van der Waals surface area contributed by atoms with Crippen molar-refractivity contribution in [3.8, 4) is 0 Å². The van der Waals surface area contributed by atoms with E-state index in [4.69, 9.17) is 0 Å². The molecule has 7 heteroatoms. The van der Waals surface area contributed by atoms with E-state index in [2.05, 4.69) is 20.6 Å². The number of likely N-dealkylation sites (tertiary alicyclic amines) is 1. The van der Waals surface area contributed by atoms with Gasteiger partial charge in [-0.3, -0.25) is 10.1 Å². The van der Waals surface area contributed by atoms with Crippen molar-refractivity contribution in [2.75, 3.05) is 23.7 Å². The van der Waals surface area contributed by atoms with Gasteiger partial charge in [0, 0.05) is 30.8 Å². The first-order chi connectivity index (χ1) is 14.6. The van der Waals surface area contributed by atoms with E-state index in [1.165, 1.54) is 19.3 Å². The smallest absolute Gasteiger partial charge is 0.324 e. The highest BCUT2D eigenvalue weighted by atomic mass is 16.2. The highest BCUT2D eigenvalue weighted by Gasteiger charge is 2.61. The molecule has 0 bridgehead atoms. The summed E-state index contributed by atoms with van der Waals surface area (Å²) in [5, 5.41) is 10.3. The Bertz CT molecular complexity index is 956. The molecule has 1 aromatic carbocycles. The van der Waals surface area contributed by atoms with Crippen LogP contribution in [0.3, 0.4) is 0 Å².